The molecule has 0 bridgehead atoms. The molecule has 1 atom stereocenters. The highest BCUT2D eigenvalue weighted by Gasteiger charge is 2.39. The fourth-order valence-corrected chi connectivity index (χ4v) is 5.66. The highest BCUT2D eigenvalue weighted by molar-refractivity contribution is 8.00. The van der Waals surface area contributed by atoms with Crippen LogP contribution in [0.15, 0.2) is 91.0 Å². The predicted octanol–water partition coefficient (Wildman–Crippen LogP) is 2.86. The molecule has 8 heteroatoms. The van der Waals surface area contributed by atoms with Gasteiger partial charge in [-0.15, -0.1) is 11.8 Å². The number of amides is 1. The van der Waals surface area contributed by atoms with Crippen LogP contribution in [0, 0.1) is 0 Å². The standard InChI is InChI=1S/C32H40N2O4S.HI/c1-31(2,3)38-30(36)33-28(29(35)37-23-22-34(4,5)6)24-39-32(25-16-10-7-11-17-25,26-18-12-8-13-19-26)27-20-14-9-15-21-27;/h7-21,28H,22-24H2,1-6H3;1H. The van der Waals surface area contributed by atoms with Crippen LogP contribution >= 0.6 is 11.8 Å². The highest BCUT2D eigenvalue weighted by atomic mass is 127. The summed E-state index contributed by atoms with van der Waals surface area (Å²) in [4.78, 5) is 26.1. The molecule has 216 valence electrons. The molecule has 0 aliphatic heterocycles. The second kappa shape index (κ2) is 14.9. The summed E-state index contributed by atoms with van der Waals surface area (Å²) in [6, 6.07) is 29.8. The van der Waals surface area contributed by atoms with Gasteiger partial charge in [-0.1, -0.05) is 91.0 Å². The fraction of sp³-hybridized carbons (Fsp3) is 0.375. The van der Waals surface area contributed by atoms with Crippen LogP contribution in [-0.4, -0.2) is 68.2 Å². The average Bonchev–Trinajstić information content (AvgIpc) is 2.88. The third kappa shape index (κ3) is 9.82. The molecule has 1 N–H and O–H groups in total. The summed E-state index contributed by atoms with van der Waals surface area (Å²) in [7, 11) is 6.11. The number of nitrogens with one attached hydrogen (secondary N) is 1. The monoisotopic (exact) mass is 676 g/mol. The minimum Gasteiger partial charge on any atom is -1.00 e. The van der Waals surface area contributed by atoms with Gasteiger partial charge >= 0.3 is 12.1 Å². The van der Waals surface area contributed by atoms with Gasteiger partial charge in [-0.3, -0.25) is 0 Å². The van der Waals surface area contributed by atoms with Gasteiger partial charge in [-0.05, 0) is 37.5 Å². The van der Waals surface area contributed by atoms with Crippen molar-refractivity contribution in [2.24, 2.45) is 0 Å². The molecule has 3 aromatic carbocycles. The van der Waals surface area contributed by atoms with Crippen LogP contribution in [0.25, 0.3) is 0 Å². The van der Waals surface area contributed by atoms with Crippen LogP contribution in [0.1, 0.15) is 37.5 Å². The lowest BCUT2D eigenvalue weighted by Gasteiger charge is -2.36. The minimum absolute atomic E-state index is 0. The number of hydrogen-bond donors (Lipinski definition) is 1. The Morgan fingerprint density at radius 2 is 1.23 bits per heavy atom. The number of halogens is 1. The van der Waals surface area contributed by atoms with E-state index in [-0.39, 0.29) is 36.3 Å². The maximum atomic E-state index is 13.3. The van der Waals surface area contributed by atoms with Crippen molar-refractivity contribution in [1.29, 1.82) is 0 Å². The van der Waals surface area contributed by atoms with Crippen LogP contribution in [0.5, 0.6) is 0 Å². The van der Waals surface area contributed by atoms with Gasteiger partial charge in [-0.2, -0.15) is 0 Å². The largest absolute Gasteiger partial charge is 1.00 e. The molecular formula is C32H41IN2O4S. The van der Waals surface area contributed by atoms with Crippen molar-refractivity contribution in [2.75, 3.05) is 40.0 Å². The summed E-state index contributed by atoms with van der Waals surface area (Å²) in [5.74, 6) is -0.217. The molecule has 40 heavy (non-hydrogen) atoms. The summed E-state index contributed by atoms with van der Waals surface area (Å²) in [5, 5.41) is 2.79. The van der Waals surface area contributed by atoms with Crippen LogP contribution in [0.2, 0.25) is 0 Å². The molecule has 0 aliphatic carbocycles. The van der Waals surface area contributed by atoms with Gasteiger partial charge in [0, 0.05) is 5.75 Å². The number of thioether (sulfide) groups is 1. The number of ether oxygens (including phenoxy) is 2. The van der Waals surface area contributed by atoms with E-state index in [0.717, 1.165) is 16.7 Å². The Hall–Kier alpha value is -2.56. The Kier molecular flexibility index (Phi) is 12.5. The number of esters is 1. The maximum Gasteiger partial charge on any atom is 0.408 e. The van der Waals surface area contributed by atoms with Gasteiger partial charge in [0.15, 0.2) is 0 Å². The number of quaternary nitrogens is 1. The molecule has 0 saturated carbocycles. The van der Waals surface area contributed by atoms with Gasteiger partial charge in [0.1, 0.15) is 24.8 Å². The van der Waals surface area contributed by atoms with Gasteiger partial charge in [0.05, 0.1) is 25.9 Å². The van der Waals surface area contributed by atoms with Crippen molar-refractivity contribution in [1.82, 2.24) is 5.32 Å². The van der Waals surface area contributed by atoms with E-state index in [1.807, 2.05) is 75.7 Å². The van der Waals surface area contributed by atoms with Crippen LogP contribution in [0.4, 0.5) is 4.79 Å². The number of hydrogen-bond acceptors (Lipinski definition) is 5. The average molecular weight is 677 g/mol. The van der Waals surface area contributed by atoms with E-state index in [9.17, 15) is 9.59 Å². The first kappa shape index (κ1) is 33.6. The molecular weight excluding hydrogens is 635 g/mol. The zero-order chi connectivity index (χ0) is 28.5. The molecule has 0 heterocycles. The molecule has 1 amide bonds. The third-order valence-corrected chi connectivity index (χ3v) is 7.63. The molecule has 0 saturated heterocycles. The number of carbonyl (C=O) groups excluding carboxylic acids is 2. The van der Waals surface area contributed by atoms with Crippen LogP contribution in [0.3, 0.4) is 0 Å². The summed E-state index contributed by atoms with van der Waals surface area (Å²) < 4.78 is 11.2. The van der Waals surface area contributed by atoms with Crippen molar-refractivity contribution in [3.8, 4) is 0 Å². The van der Waals surface area contributed by atoms with E-state index in [4.69, 9.17) is 9.47 Å². The third-order valence-electron chi connectivity index (χ3n) is 5.99. The summed E-state index contributed by atoms with van der Waals surface area (Å²) in [6.07, 6.45) is -0.651. The number of alkyl carbamates (subject to hydrolysis) is 1. The number of benzene rings is 3. The second-order valence-corrected chi connectivity index (χ2v) is 12.7. The first-order valence-electron chi connectivity index (χ1n) is 13.2. The summed E-state index contributed by atoms with van der Waals surface area (Å²) in [5.41, 5.74) is 2.52. The molecule has 0 aliphatic rings. The quantitative estimate of drug-likeness (QED) is 0.147. The van der Waals surface area contributed by atoms with Gasteiger partial charge < -0.3 is 43.3 Å². The molecule has 1 unspecified atom stereocenters. The Morgan fingerprint density at radius 3 is 1.60 bits per heavy atom. The fourth-order valence-electron chi connectivity index (χ4n) is 4.12. The molecule has 0 fully saturated rings. The lowest BCUT2D eigenvalue weighted by atomic mass is 9.84. The number of carbonyl (C=O) groups is 2. The van der Waals surface area contributed by atoms with E-state index in [0.29, 0.717) is 11.0 Å². The molecule has 0 spiro atoms. The van der Waals surface area contributed by atoms with Gasteiger partial charge in [-0.25, -0.2) is 9.59 Å². The zero-order valence-corrected chi connectivity index (χ0v) is 27.2. The van der Waals surface area contributed by atoms with Crippen molar-refractivity contribution in [3.63, 3.8) is 0 Å². The molecule has 6 nitrogen and oxygen atoms in total. The topological polar surface area (TPSA) is 64.6 Å². The Balaban J connectivity index is 0.00000560. The SMILES string of the molecule is CC(C)(C)OC(=O)NC(CSC(c1ccccc1)(c1ccccc1)c1ccccc1)C(=O)OCC[N+](C)(C)C.[I-]. The Labute approximate surface area is 260 Å². The lowest BCUT2D eigenvalue weighted by molar-refractivity contribution is -0.870. The maximum absolute atomic E-state index is 13.3. The van der Waals surface area contributed by atoms with E-state index >= 15 is 0 Å². The first-order chi connectivity index (χ1) is 18.4. The van der Waals surface area contributed by atoms with Gasteiger partial charge in [0.2, 0.25) is 0 Å². The predicted molar refractivity (Wildman–Crippen MR) is 159 cm³/mol. The lowest BCUT2D eigenvalue weighted by Crippen LogP contribution is -3.00. The number of nitrogens with zero attached hydrogens (tertiary/aromatic N) is 1. The van der Waals surface area contributed by atoms with E-state index in [1.54, 1.807) is 32.5 Å². The number of rotatable bonds is 11. The van der Waals surface area contributed by atoms with E-state index < -0.39 is 28.5 Å². The second-order valence-electron chi connectivity index (χ2n) is 11.5. The van der Waals surface area contributed by atoms with E-state index in [1.165, 1.54) is 0 Å². The van der Waals surface area contributed by atoms with Gasteiger partial charge in [0.25, 0.3) is 0 Å². The van der Waals surface area contributed by atoms with Crippen molar-refractivity contribution in [3.05, 3.63) is 108 Å². The van der Waals surface area contributed by atoms with Crippen molar-refractivity contribution < 1.29 is 47.5 Å². The first-order valence-corrected chi connectivity index (χ1v) is 14.2. The molecule has 0 aromatic heterocycles. The molecule has 0 radical (unpaired) electrons. The minimum atomic E-state index is -0.909. The Bertz CT molecular complexity index is 1100. The number of likely N-dealkylation sites (N-methyl/N-ethyl adjacent to an activating group) is 1. The molecule has 3 rings (SSSR count). The summed E-state index contributed by atoms with van der Waals surface area (Å²) in [6.45, 7) is 6.28. The van der Waals surface area contributed by atoms with Crippen molar-refractivity contribution >= 4 is 23.8 Å². The molecule has 3 aromatic rings. The zero-order valence-electron chi connectivity index (χ0n) is 24.2. The van der Waals surface area contributed by atoms with Crippen LogP contribution < -0.4 is 29.3 Å². The smallest absolute Gasteiger partial charge is 0.408 e. The van der Waals surface area contributed by atoms with Crippen LogP contribution in [-0.2, 0) is 19.0 Å². The van der Waals surface area contributed by atoms with Crippen molar-refractivity contribution in [2.45, 2.75) is 37.2 Å². The van der Waals surface area contributed by atoms with E-state index in [2.05, 4.69) is 41.7 Å². The highest BCUT2D eigenvalue weighted by Crippen LogP contribution is 2.48. The Morgan fingerprint density at radius 1 is 0.800 bits per heavy atom. The normalized spacial score (nSPS) is 12.6. The summed E-state index contributed by atoms with van der Waals surface area (Å²) >= 11 is 1.59.